The second-order valence-corrected chi connectivity index (χ2v) is 5.37. The first kappa shape index (κ1) is 16.5. The van der Waals surface area contributed by atoms with Crippen LogP contribution in [0.1, 0.15) is 53.4 Å². The van der Waals surface area contributed by atoms with E-state index >= 15 is 0 Å². The zero-order chi connectivity index (χ0) is 14.3. The number of rotatable bonds is 8. The molecule has 3 heteroatoms. The van der Waals surface area contributed by atoms with Crippen LogP contribution in [-0.4, -0.2) is 43.2 Å². The molecule has 1 heterocycles. The van der Waals surface area contributed by atoms with Crippen LogP contribution in [0.3, 0.4) is 0 Å². The Morgan fingerprint density at radius 3 is 2.26 bits per heavy atom. The SMILES string of the molecule is CCN(CC)C(CC)(CC)C(NC)C1=COCCC1. The van der Waals surface area contributed by atoms with Gasteiger partial charge in [0.05, 0.1) is 12.9 Å². The Morgan fingerprint density at radius 1 is 1.26 bits per heavy atom. The van der Waals surface area contributed by atoms with E-state index in [1.54, 1.807) is 0 Å². The van der Waals surface area contributed by atoms with Crippen molar-refractivity contribution in [3.05, 3.63) is 11.8 Å². The average Bonchev–Trinajstić information content (AvgIpc) is 2.48. The van der Waals surface area contributed by atoms with Crippen molar-refractivity contribution < 1.29 is 4.74 Å². The number of nitrogens with one attached hydrogen (secondary N) is 1. The van der Waals surface area contributed by atoms with Gasteiger partial charge in [-0.1, -0.05) is 27.7 Å². The Balaban J connectivity index is 3.08. The van der Waals surface area contributed by atoms with Gasteiger partial charge in [-0.05, 0) is 51.4 Å². The van der Waals surface area contributed by atoms with E-state index in [0.29, 0.717) is 6.04 Å². The molecule has 0 bridgehead atoms. The van der Waals surface area contributed by atoms with Crippen molar-refractivity contribution in [2.24, 2.45) is 0 Å². The molecule has 1 aliphatic heterocycles. The minimum atomic E-state index is 0.199. The summed E-state index contributed by atoms with van der Waals surface area (Å²) in [5, 5.41) is 3.57. The molecule has 0 aromatic heterocycles. The summed E-state index contributed by atoms with van der Waals surface area (Å²) in [4.78, 5) is 2.61. The predicted octanol–water partition coefficient (Wildman–Crippen LogP) is 3.17. The quantitative estimate of drug-likeness (QED) is 0.732. The summed E-state index contributed by atoms with van der Waals surface area (Å²) >= 11 is 0. The predicted molar refractivity (Wildman–Crippen MR) is 82.4 cm³/mol. The molecule has 0 saturated heterocycles. The molecule has 1 N–H and O–H groups in total. The molecule has 3 nitrogen and oxygen atoms in total. The van der Waals surface area contributed by atoms with Crippen LogP contribution in [0.15, 0.2) is 11.8 Å². The van der Waals surface area contributed by atoms with Crippen LogP contribution >= 0.6 is 0 Å². The third-order valence-corrected chi connectivity index (χ3v) is 4.78. The Labute approximate surface area is 119 Å². The zero-order valence-corrected chi connectivity index (χ0v) is 13.5. The topological polar surface area (TPSA) is 24.5 Å². The highest BCUT2D eigenvalue weighted by atomic mass is 16.5. The molecule has 1 aliphatic rings. The van der Waals surface area contributed by atoms with E-state index in [4.69, 9.17) is 4.74 Å². The van der Waals surface area contributed by atoms with E-state index in [0.717, 1.165) is 45.4 Å². The molecule has 0 radical (unpaired) electrons. The number of hydrogen-bond acceptors (Lipinski definition) is 3. The Hall–Kier alpha value is -0.540. The third-order valence-electron chi connectivity index (χ3n) is 4.78. The summed E-state index contributed by atoms with van der Waals surface area (Å²) in [5.74, 6) is 0. The first-order chi connectivity index (χ1) is 9.19. The maximum atomic E-state index is 5.58. The molecule has 0 spiro atoms. The smallest absolute Gasteiger partial charge is 0.0876 e. The van der Waals surface area contributed by atoms with Crippen LogP contribution < -0.4 is 5.32 Å². The zero-order valence-electron chi connectivity index (χ0n) is 13.5. The Kier molecular flexibility index (Phi) is 6.87. The van der Waals surface area contributed by atoms with Crippen LogP contribution in [-0.2, 0) is 4.74 Å². The summed E-state index contributed by atoms with van der Waals surface area (Å²) in [6, 6.07) is 0.391. The Morgan fingerprint density at radius 2 is 1.89 bits per heavy atom. The van der Waals surface area contributed by atoms with Crippen molar-refractivity contribution in [3.8, 4) is 0 Å². The lowest BCUT2D eigenvalue weighted by molar-refractivity contribution is 0.0589. The molecule has 1 unspecified atom stereocenters. The van der Waals surface area contributed by atoms with Gasteiger partial charge in [0.15, 0.2) is 0 Å². The normalized spacial score (nSPS) is 18.1. The fourth-order valence-corrected chi connectivity index (χ4v) is 3.74. The molecule has 0 amide bonds. The van der Waals surface area contributed by atoms with Crippen molar-refractivity contribution >= 4 is 0 Å². The van der Waals surface area contributed by atoms with E-state index in [-0.39, 0.29) is 5.54 Å². The van der Waals surface area contributed by atoms with Crippen molar-refractivity contribution in [1.82, 2.24) is 10.2 Å². The standard InChI is InChI=1S/C16H32N2O/c1-6-16(7-2,18(8-3)9-4)15(17-5)14-11-10-12-19-13-14/h13,15,17H,6-12H2,1-5H3. The summed E-state index contributed by atoms with van der Waals surface area (Å²) in [6.45, 7) is 12.2. The van der Waals surface area contributed by atoms with E-state index in [2.05, 4.69) is 45.0 Å². The lowest BCUT2D eigenvalue weighted by Crippen LogP contribution is -2.61. The fourth-order valence-electron chi connectivity index (χ4n) is 3.74. The summed E-state index contributed by atoms with van der Waals surface area (Å²) in [5.41, 5.74) is 1.63. The monoisotopic (exact) mass is 268 g/mol. The van der Waals surface area contributed by atoms with Gasteiger partial charge in [-0.25, -0.2) is 0 Å². The molecular formula is C16H32N2O. The fraction of sp³-hybridized carbons (Fsp3) is 0.875. The molecule has 0 aromatic rings. The second kappa shape index (κ2) is 7.91. The van der Waals surface area contributed by atoms with Crippen LogP contribution in [0, 0.1) is 0 Å². The molecule has 112 valence electrons. The summed E-state index contributed by atoms with van der Waals surface area (Å²) < 4.78 is 5.58. The van der Waals surface area contributed by atoms with Crippen LogP contribution in [0.4, 0.5) is 0 Å². The van der Waals surface area contributed by atoms with E-state index in [1.165, 1.54) is 5.57 Å². The highest BCUT2D eigenvalue weighted by Crippen LogP contribution is 2.33. The van der Waals surface area contributed by atoms with Crippen molar-refractivity contribution in [2.45, 2.75) is 65.0 Å². The first-order valence-corrected chi connectivity index (χ1v) is 7.92. The summed E-state index contributed by atoms with van der Waals surface area (Å²) in [6.07, 6.45) is 6.64. The van der Waals surface area contributed by atoms with Crippen molar-refractivity contribution in [3.63, 3.8) is 0 Å². The molecule has 0 aliphatic carbocycles. The molecule has 0 aromatic carbocycles. The van der Waals surface area contributed by atoms with Gasteiger partial charge in [-0.3, -0.25) is 4.90 Å². The molecule has 1 atom stereocenters. The molecule has 19 heavy (non-hydrogen) atoms. The molecule has 0 fully saturated rings. The van der Waals surface area contributed by atoms with Gasteiger partial charge < -0.3 is 10.1 Å². The number of nitrogens with zero attached hydrogens (tertiary/aromatic N) is 1. The minimum Gasteiger partial charge on any atom is -0.501 e. The van der Waals surface area contributed by atoms with Gasteiger partial charge in [0.25, 0.3) is 0 Å². The molecule has 1 rings (SSSR count). The van der Waals surface area contributed by atoms with Crippen LogP contribution in [0.5, 0.6) is 0 Å². The Bertz CT molecular complexity index is 280. The second-order valence-electron chi connectivity index (χ2n) is 5.37. The summed E-state index contributed by atoms with van der Waals surface area (Å²) in [7, 11) is 2.09. The lowest BCUT2D eigenvalue weighted by Gasteiger charge is -2.49. The molecular weight excluding hydrogens is 236 g/mol. The van der Waals surface area contributed by atoms with Gasteiger partial charge in [0, 0.05) is 11.6 Å². The largest absolute Gasteiger partial charge is 0.501 e. The van der Waals surface area contributed by atoms with E-state index in [1.807, 2.05) is 6.26 Å². The van der Waals surface area contributed by atoms with Gasteiger partial charge in [0.2, 0.25) is 0 Å². The van der Waals surface area contributed by atoms with Gasteiger partial charge in [-0.15, -0.1) is 0 Å². The van der Waals surface area contributed by atoms with Crippen molar-refractivity contribution in [1.29, 1.82) is 0 Å². The molecule has 0 saturated carbocycles. The lowest BCUT2D eigenvalue weighted by atomic mass is 9.77. The first-order valence-electron chi connectivity index (χ1n) is 7.92. The maximum Gasteiger partial charge on any atom is 0.0876 e. The highest BCUT2D eigenvalue weighted by molar-refractivity contribution is 5.19. The minimum absolute atomic E-state index is 0.199. The maximum absolute atomic E-state index is 5.58. The van der Waals surface area contributed by atoms with E-state index < -0.39 is 0 Å². The number of likely N-dealkylation sites (N-methyl/N-ethyl adjacent to an activating group) is 2. The van der Waals surface area contributed by atoms with Gasteiger partial charge in [-0.2, -0.15) is 0 Å². The highest BCUT2D eigenvalue weighted by Gasteiger charge is 2.41. The van der Waals surface area contributed by atoms with Crippen molar-refractivity contribution in [2.75, 3.05) is 26.7 Å². The van der Waals surface area contributed by atoms with Crippen LogP contribution in [0.2, 0.25) is 0 Å². The average molecular weight is 268 g/mol. The number of ether oxygens (including phenoxy) is 1. The third kappa shape index (κ3) is 3.32. The van der Waals surface area contributed by atoms with Gasteiger partial charge in [0.1, 0.15) is 0 Å². The number of hydrogen-bond donors (Lipinski definition) is 1. The van der Waals surface area contributed by atoms with Gasteiger partial charge >= 0.3 is 0 Å². The van der Waals surface area contributed by atoms with E-state index in [9.17, 15) is 0 Å². The van der Waals surface area contributed by atoms with Crippen LogP contribution in [0.25, 0.3) is 0 Å².